The van der Waals surface area contributed by atoms with Gasteiger partial charge in [-0.25, -0.2) is 13.4 Å². The average Bonchev–Trinajstić information content (AvgIpc) is 2.80. The van der Waals surface area contributed by atoms with Crippen LogP contribution in [0.4, 0.5) is 0 Å². The van der Waals surface area contributed by atoms with E-state index in [1.54, 1.807) is 11.5 Å². The predicted octanol–water partition coefficient (Wildman–Crippen LogP) is 0.839. The van der Waals surface area contributed by atoms with Crippen LogP contribution in [0.3, 0.4) is 0 Å². The highest BCUT2D eigenvalue weighted by Crippen LogP contribution is 2.25. The number of aromatic nitrogens is 2. The van der Waals surface area contributed by atoms with Crippen LogP contribution in [0.5, 0.6) is 0 Å². The van der Waals surface area contributed by atoms with Gasteiger partial charge in [0.15, 0.2) is 5.03 Å². The Hall–Kier alpha value is -1.41. The highest BCUT2D eigenvalue weighted by molar-refractivity contribution is 7.89. The third kappa shape index (κ3) is 2.57. The molecule has 0 amide bonds. The summed E-state index contributed by atoms with van der Waals surface area (Å²) < 4.78 is 27.9. The maximum Gasteiger partial charge on any atom is 0.322 e. The van der Waals surface area contributed by atoms with Crippen LogP contribution in [0.2, 0.25) is 0 Å². The van der Waals surface area contributed by atoms with Gasteiger partial charge in [0.25, 0.3) is 10.0 Å². The van der Waals surface area contributed by atoms with Gasteiger partial charge in [-0.1, -0.05) is 0 Å². The summed E-state index contributed by atoms with van der Waals surface area (Å²) in [6, 6.07) is -0.985. The number of carboxylic acids is 1. The maximum absolute atomic E-state index is 12.6. The molecule has 1 aliphatic heterocycles. The first-order chi connectivity index (χ1) is 9.37. The van der Waals surface area contributed by atoms with Gasteiger partial charge in [-0.15, -0.1) is 0 Å². The number of sulfonamides is 1. The molecule has 1 aromatic heterocycles. The number of aryl methyl sites for hydroxylation is 2. The SMILES string of the molecule is CCn1cc(S(=O)(=O)N2CCCC[C@H]2C(=O)O)nc1C. The number of carbonyl (C=O) groups is 1. The lowest BCUT2D eigenvalue weighted by atomic mass is 10.1. The summed E-state index contributed by atoms with van der Waals surface area (Å²) in [6.07, 6.45) is 3.22. The van der Waals surface area contributed by atoms with E-state index in [9.17, 15) is 18.3 Å². The lowest BCUT2D eigenvalue weighted by molar-refractivity contribution is -0.142. The molecule has 0 radical (unpaired) electrons. The van der Waals surface area contributed by atoms with Gasteiger partial charge in [0.05, 0.1) is 0 Å². The van der Waals surface area contributed by atoms with E-state index in [0.717, 1.165) is 10.7 Å². The van der Waals surface area contributed by atoms with E-state index in [1.165, 1.54) is 6.20 Å². The van der Waals surface area contributed by atoms with Crippen molar-refractivity contribution in [3.63, 3.8) is 0 Å². The number of aliphatic carboxylic acids is 1. The second kappa shape index (κ2) is 5.53. The molecule has 1 N–H and O–H groups in total. The van der Waals surface area contributed by atoms with Crippen molar-refractivity contribution in [1.82, 2.24) is 13.9 Å². The van der Waals surface area contributed by atoms with Crippen molar-refractivity contribution in [2.75, 3.05) is 6.54 Å². The molecule has 1 aliphatic rings. The molecule has 112 valence electrons. The van der Waals surface area contributed by atoms with Gasteiger partial charge < -0.3 is 9.67 Å². The topological polar surface area (TPSA) is 92.5 Å². The zero-order valence-corrected chi connectivity index (χ0v) is 12.4. The molecule has 2 heterocycles. The minimum absolute atomic E-state index is 0.0648. The Bertz CT molecular complexity index is 608. The van der Waals surface area contributed by atoms with E-state index in [2.05, 4.69) is 4.98 Å². The lowest BCUT2D eigenvalue weighted by Crippen LogP contribution is -2.47. The molecule has 1 fully saturated rings. The molecular formula is C12H19N3O4S. The van der Waals surface area contributed by atoms with Crippen LogP contribution in [0.1, 0.15) is 32.0 Å². The number of hydrogen-bond acceptors (Lipinski definition) is 4. The van der Waals surface area contributed by atoms with E-state index in [4.69, 9.17) is 0 Å². The first kappa shape index (κ1) is 15.0. The van der Waals surface area contributed by atoms with E-state index >= 15 is 0 Å². The Kier molecular flexibility index (Phi) is 4.14. The van der Waals surface area contributed by atoms with Gasteiger partial charge in [-0.3, -0.25) is 4.79 Å². The summed E-state index contributed by atoms with van der Waals surface area (Å²) in [5.41, 5.74) is 0. The first-order valence-electron chi connectivity index (χ1n) is 6.66. The predicted molar refractivity (Wildman–Crippen MR) is 71.8 cm³/mol. The second-order valence-corrected chi connectivity index (χ2v) is 6.72. The summed E-state index contributed by atoms with van der Waals surface area (Å²) >= 11 is 0. The molecule has 2 rings (SSSR count). The Morgan fingerprint density at radius 1 is 1.50 bits per heavy atom. The molecule has 20 heavy (non-hydrogen) atoms. The van der Waals surface area contributed by atoms with Crippen LogP contribution in [0.25, 0.3) is 0 Å². The Morgan fingerprint density at radius 2 is 2.20 bits per heavy atom. The third-order valence-electron chi connectivity index (χ3n) is 3.61. The lowest BCUT2D eigenvalue weighted by Gasteiger charge is -2.31. The van der Waals surface area contributed by atoms with Crippen LogP contribution < -0.4 is 0 Å². The third-order valence-corrected chi connectivity index (χ3v) is 5.39. The average molecular weight is 301 g/mol. The summed E-state index contributed by atoms with van der Waals surface area (Å²) in [5, 5.41) is 9.13. The van der Waals surface area contributed by atoms with Crippen LogP contribution in [0.15, 0.2) is 11.2 Å². The number of carboxylic acid groups (broad SMARTS) is 1. The molecule has 0 saturated carbocycles. The molecule has 1 saturated heterocycles. The molecule has 0 aromatic carbocycles. The fourth-order valence-electron chi connectivity index (χ4n) is 2.48. The van der Waals surface area contributed by atoms with E-state index in [0.29, 0.717) is 25.2 Å². The normalized spacial score (nSPS) is 21.0. The molecule has 1 atom stereocenters. The van der Waals surface area contributed by atoms with Crippen molar-refractivity contribution in [3.05, 3.63) is 12.0 Å². The van der Waals surface area contributed by atoms with Crippen molar-refractivity contribution in [3.8, 4) is 0 Å². The maximum atomic E-state index is 12.6. The second-order valence-electron chi connectivity index (χ2n) is 4.88. The van der Waals surface area contributed by atoms with Crippen molar-refractivity contribution >= 4 is 16.0 Å². The molecule has 0 aliphatic carbocycles. The standard InChI is InChI=1S/C12H19N3O4S/c1-3-14-8-11(13-9(14)2)20(18,19)15-7-5-4-6-10(15)12(16)17/h8,10H,3-7H2,1-2H3,(H,16,17)/t10-/m0/s1. The number of rotatable bonds is 4. The van der Waals surface area contributed by atoms with Crippen molar-refractivity contribution in [1.29, 1.82) is 0 Å². The first-order valence-corrected chi connectivity index (χ1v) is 8.10. The van der Waals surface area contributed by atoms with Crippen molar-refractivity contribution < 1.29 is 18.3 Å². The minimum atomic E-state index is -3.85. The van der Waals surface area contributed by atoms with Crippen molar-refractivity contribution in [2.45, 2.75) is 50.7 Å². The monoisotopic (exact) mass is 301 g/mol. The molecule has 0 bridgehead atoms. The molecule has 8 heteroatoms. The molecule has 0 unspecified atom stereocenters. The molecule has 1 aromatic rings. The Labute approximate surface area is 118 Å². The van der Waals surface area contributed by atoms with Gasteiger partial charge in [-0.2, -0.15) is 4.31 Å². The van der Waals surface area contributed by atoms with E-state index in [1.807, 2.05) is 6.92 Å². The van der Waals surface area contributed by atoms with Crippen LogP contribution in [-0.4, -0.2) is 45.9 Å². The summed E-state index contributed by atoms with van der Waals surface area (Å²) in [4.78, 5) is 15.3. The minimum Gasteiger partial charge on any atom is -0.480 e. The molecular weight excluding hydrogens is 282 g/mol. The zero-order valence-electron chi connectivity index (χ0n) is 11.6. The number of piperidine rings is 1. The van der Waals surface area contributed by atoms with Gasteiger partial charge in [-0.05, 0) is 33.1 Å². The summed E-state index contributed by atoms with van der Waals surface area (Å²) in [5.74, 6) is -0.491. The zero-order chi connectivity index (χ0) is 14.9. The van der Waals surface area contributed by atoms with E-state index < -0.39 is 22.0 Å². The van der Waals surface area contributed by atoms with Gasteiger partial charge >= 0.3 is 5.97 Å². The largest absolute Gasteiger partial charge is 0.480 e. The van der Waals surface area contributed by atoms with Crippen LogP contribution in [0, 0.1) is 6.92 Å². The fraction of sp³-hybridized carbons (Fsp3) is 0.667. The molecule has 0 spiro atoms. The van der Waals surface area contributed by atoms with Gasteiger partial charge in [0, 0.05) is 19.3 Å². The smallest absolute Gasteiger partial charge is 0.322 e. The Morgan fingerprint density at radius 3 is 2.75 bits per heavy atom. The van der Waals surface area contributed by atoms with Crippen LogP contribution in [-0.2, 0) is 21.4 Å². The van der Waals surface area contributed by atoms with Crippen molar-refractivity contribution in [2.24, 2.45) is 0 Å². The molecule has 7 nitrogen and oxygen atoms in total. The van der Waals surface area contributed by atoms with Gasteiger partial charge in [0.1, 0.15) is 11.9 Å². The Balaban J connectivity index is 2.39. The number of nitrogens with zero attached hydrogens (tertiary/aromatic N) is 3. The number of imidazole rings is 1. The highest BCUT2D eigenvalue weighted by atomic mass is 32.2. The van der Waals surface area contributed by atoms with Gasteiger partial charge in [0.2, 0.25) is 0 Å². The summed E-state index contributed by atoms with van der Waals surface area (Å²) in [7, 11) is -3.85. The highest BCUT2D eigenvalue weighted by Gasteiger charge is 2.38. The quantitative estimate of drug-likeness (QED) is 0.889. The van der Waals surface area contributed by atoms with E-state index in [-0.39, 0.29) is 11.6 Å². The fourth-order valence-corrected chi connectivity index (χ4v) is 4.13. The number of hydrogen-bond donors (Lipinski definition) is 1. The van der Waals surface area contributed by atoms with Crippen LogP contribution >= 0.6 is 0 Å². The summed E-state index contributed by atoms with van der Waals surface area (Å²) in [6.45, 7) is 4.48.